The summed E-state index contributed by atoms with van der Waals surface area (Å²) in [7, 11) is 0. The first-order valence-corrected chi connectivity index (χ1v) is 8.39. The zero-order valence-corrected chi connectivity index (χ0v) is 14.6. The van der Waals surface area contributed by atoms with Gasteiger partial charge in [0.1, 0.15) is 11.6 Å². The van der Waals surface area contributed by atoms with E-state index in [4.69, 9.17) is 0 Å². The van der Waals surface area contributed by atoms with Crippen molar-refractivity contribution in [1.29, 1.82) is 5.26 Å². The molecule has 0 radical (unpaired) electrons. The summed E-state index contributed by atoms with van der Waals surface area (Å²) < 4.78 is 0. The highest BCUT2D eigenvalue weighted by Crippen LogP contribution is 2.17. The van der Waals surface area contributed by atoms with Crippen LogP contribution in [0.15, 0.2) is 66.4 Å². The van der Waals surface area contributed by atoms with Crippen molar-refractivity contribution in [2.75, 3.05) is 11.9 Å². The number of hydrogen-bond acceptors (Lipinski definition) is 3. The third-order valence-electron chi connectivity index (χ3n) is 3.87. The molecule has 0 aliphatic carbocycles. The summed E-state index contributed by atoms with van der Waals surface area (Å²) in [6, 6.07) is 19.8. The Morgan fingerprint density at radius 3 is 2.40 bits per heavy atom. The molecular formula is C21H23N3O. The number of benzene rings is 2. The lowest BCUT2D eigenvalue weighted by Crippen LogP contribution is -2.27. The van der Waals surface area contributed by atoms with Gasteiger partial charge in [-0.25, -0.2) is 0 Å². The third-order valence-corrected chi connectivity index (χ3v) is 3.87. The second-order valence-corrected chi connectivity index (χ2v) is 6.08. The van der Waals surface area contributed by atoms with Crippen LogP contribution in [0.1, 0.15) is 30.9 Å². The highest BCUT2D eigenvalue weighted by Gasteiger charge is 2.08. The standard InChI is InChI=1S/C21H23N3O/c1-16(2)18-8-10-20(11-9-18)24-15-19(14-22)21(25)23-13-12-17-6-4-3-5-7-17/h3-11,15-16,24H,12-13H2,1-2H3,(H,23,25)/b19-15-. The van der Waals surface area contributed by atoms with E-state index in [0.717, 1.165) is 17.7 Å². The molecule has 0 spiro atoms. The number of hydrogen-bond donors (Lipinski definition) is 2. The summed E-state index contributed by atoms with van der Waals surface area (Å²) in [6.45, 7) is 4.76. The minimum Gasteiger partial charge on any atom is -0.360 e. The molecule has 0 unspecified atom stereocenters. The maximum atomic E-state index is 12.1. The predicted octanol–water partition coefficient (Wildman–Crippen LogP) is 3.99. The summed E-state index contributed by atoms with van der Waals surface area (Å²) in [4.78, 5) is 12.1. The number of carbonyl (C=O) groups is 1. The smallest absolute Gasteiger partial charge is 0.263 e. The first kappa shape index (κ1) is 18.3. The number of rotatable bonds is 7. The van der Waals surface area contributed by atoms with E-state index in [9.17, 15) is 10.1 Å². The van der Waals surface area contributed by atoms with Gasteiger partial charge in [0.15, 0.2) is 0 Å². The minimum atomic E-state index is -0.371. The van der Waals surface area contributed by atoms with Gasteiger partial charge in [0.25, 0.3) is 5.91 Å². The summed E-state index contributed by atoms with van der Waals surface area (Å²) in [5.41, 5.74) is 3.29. The Hall–Kier alpha value is -3.06. The highest BCUT2D eigenvalue weighted by molar-refractivity contribution is 5.97. The van der Waals surface area contributed by atoms with E-state index in [0.29, 0.717) is 12.5 Å². The molecule has 4 heteroatoms. The van der Waals surface area contributed by atoms with Gasteiger partial charge in [-0.2, -0.15) is 5.26 Å². The molecule has 0 aromatic heterocycles. The van der Waals surface area contributed by atoms with Crippen molar-refractivity contribution in [3.8, 4) is 6.07 Å². The maximum absolute atomic E-state index is 12.1. The Bertz CT molecular complexity index is 756. The summed E-state index contributed by atoms with van der Waals surface area (Å²) in [6.07, 6.45) is 2.18. The molecule has 2 aromatic rings. The fourth-order valence-corrected chi connectivity index (χ4v) is 2.33. The van der Waals surface area contributed by atoms with Gasteiger partial charge < -0.3 is 10.6 Å². The molecule has 1 amide bonds. The van der Waals surface area contributed by atoms with Crippen molar-refractivity contribution in [3.05, 3.63) is 77.5 Å². The second kappa shape index (κ2) is 9.29. The lowest BCUT2D eigenvalue weighted by Gasteiger charge is -2.07. The molecule has 2 aromatic carbocycles. The molecule has 0 heterocycles. The average molecular weight is 333 g/mol. The Balaban J connectivity index is 1.88. The number of nitriles is 1. The van der Waals surface area contributed by atoms with Gasteiger partial charge in [-0.15, -0.1) is 0 Å². The van der Waals surface area contributed by atoms with E-state index in [1.54, 1.807) is 0 Å². The molecule has 2 rings (SSSR count). The van der Waals surface area contributed by atoms with Crippen molar-refractivity contribution in [1.82, 2.24) is 5.32 Å². The van der Waals surface area contributed by atoms with E-state index in [-0.39, 0.29) is 11.5 Å². The lowest BCUT2D eigenvalue weighted by molar-refractivity contribution is -0.117. The Kier molecular flexibility index (Phi) is 6.79. The van der Waals surface area contributed by atoms with Crippen molar-refractivity contribution in [2.24, 2.45) is 0 Å². The van der Waals surface area contributed by atoms with Crippen LogP contribution in [0.25, 0.3) is 0 Å². The predicted molar refractivity (Wildman–Crippen MR) is 101 cm³/mol. The monoisotopic (exact) mass is 333 g/mol. The van der Waals surface area contributed by atoms with Crippen LogP contribution >= 0.6 is 0 Å². The van der Waals surface area contributed by atoms with Gasteiger partial charge in [0.2, 0.25) is 0 Å². The normalized spacial score (nSPS) is 11.0. The Labute approximate surface area is 149 Å². The van der Waals surface area contributed by atoms with Crippen LogP contribution in [0, 0.1) is 11.3 Å². The third kappa shape index (κ3) is 5.82. The van der Waals surface area contributed by atoms with E-state index in [1.165, 1.54) is 11.8 Å². The largest absolute Gasteiger partial charge is 0.360 e. The van der Waals surface area contributed by atoms with Crippen LogP contribution in [0.4, 0.5) is 5.69 Å². The molecule has 2 N–H and O–H groups in total. The van der Waals surface area contributed by atoms with Crippen LogP contribution in [-0.2, 0) is 11.2 Å². The lowest BCUT2D eigenvalue weighted by atomic mass is 10.0. The Morgan fingerprint density at radius 1 is 1.12 bits per heavy atom. The Morgan fingerprint density at radius 2 is 1.80 bits per heavy atom. The van der Waals surface area contributed by atoms with Crippen molar-refractivity contribution < 1.29 is 4.79 Å². The highest BCUT2D eigenvalue weighted by atomic mass is 16.1. The molecule has 0 aliphatic rings. The van der Waals surface area contributed by atoms with E-state index >= 15 is 0 Å². The first-order chi connectivity index (χ1) is 12.1. The summed E-state index contributed by atoms with van der Waals surface area (Å²) in [5, 5.41) is 15.0. The van der Waals surface area contributed by atoms with Gasteiger partial charge in [0.05, 0.1) is 0 Å². The van der Waals surface area contributed by atoms with Crippen molar-refractivity contribution in [3.63, 3.8) is 0 Å². The molecule has 0 saturated heterocycles. The van der Waals surface area contributed by atoms with Crippen LogP contribution in [0.5, 0.6) is 0 Å². The van der Waals surface area contributed by atoms with Crippen LogP contribution in [0.2, 0.25) is 0 Å². The summed E-state index contributed by atoms with van der Waals surface area (Å²) in [5.74, 6) is 0.0967. The van der Waals surface area contributed by atoms with E-state index in [2.05, 4.69) is 24.5 Å². The molecule has 0 aliphatic heterocycles. The number of carbonyl (C=O) groups excluding carboxylic acids is 1. The molecule has 0 fully saturated rings. The van der Waals surface area contributed by atoms with Gasteiger partial charge >= 0.3 is 0 Å². The SMILES string of the molecule is CC(C)c1ccc(N/C=C(/C#N)C(=O)NCCc2ccccc2)cc1. The van der Waals surface area contributed by atoms with E-state index < -0.39 is 0 Å². The van der Waals surface area contributed by atoms with Crippen LogP contribution < -0.4 is 10.6 Å². The van der Waals surface area contributed by atoms with Crippen LogP contribution in [0.3, 0.4) is 0 Å². The van der Waals surface area contributed by atoms with Crippen LogP contribution in [-0.4, -0.2) is 12.5 Å². The van der Waals surface area contributed by atoms with Gasteiger partial charge in [-0.1, -0.05) is 56.3 Å². The molecule has 4 nitrogen and oxygen atoms in total. The molecular weight excluding hydrogens is 310 g/mol. The number of nitrogens with one attached hydrogen (secondary N) is 2. The van der Waals surface area contributed by atoms with Crippen molar-refractivity contribution in [2.45, 2.75) is 26.2 Å². The average Bonchev–Trinajstić information content (AvgIpc) is 2.63. The number of amides is 1. The molecule has 128 valence electrons. The second-order valence-electron chi connectivity index (χ2n) is 6.08. The minimum absolute atomic E-state index is 0.0565. The quantitative estimate of drug-likeness (QED) is 0.595. The molecule has 0 bridgehead atoms. The number of anilines is 1. The van der Waals surface area contributed by atoms with Crippen molar-refractivity contribution >= 4 is 11.6 Å². The fourth-order valence-electron chi connectivity index (χ4n) is 2.33. The van der Waals surface area contributed by atoms with E-state index in [1.807, 2.05) is 60.7 Å². The zero-order chi connectivity index (χ0) is 18.1. The molecule has 25 heavy (non-hydrogen) atoms. The topological polar surface area (TPSA) is 64.9 Å². The first-order valence-electron chi connectivity index (χ1n) is 8.39. The van der Waals surface area contributed by atoms with Gasteiger partial charge in [-0.05, 0) is 35.6 Å². The summed E-state index contributed by atoms with van der Waals surface area (Å²) >= 11 is 0. The maximum Gasteiger partial charge on any atom is 0.263 e. The number of nitrogens with zero attached hydrogens (tertiary/aromatic N) is 1. The molecule has 0 atom stereocenters. The molecule has 0 saturated carbocycles. The van der Waals surface area contributed by atoms with Gasteiger partial charge in [-0.3, -0.25) is 4.79 Å². The van der Waals surface area contributed by atoms with Gasteiger partial charge in [0, 0.05) is 18.4 Å². The fraction of sp³-hybridized carbons (Fsp3) is 0.238. The zero-order valence-electron chi connectivity index (χ0n) is 14.6.